The van der Waals surface area contributed by atoms with Gasteiger partial charge in [-0.2, -0.15) is 0 Å². The highest BCUT2D eigenvalue weighted by atomic mass is 31.2. The molecule has 0 fully saturated rings. The quantitative estimate of drug-likeness (QED) is 0.0287. The molecule has 71 heavy (non-hydrogen) atoms. The first-order valence-electron chi connectivity index (χ1n) is 15.1. The SMILES string of the molecule is O=P([O-])([O-])CN(CCN(CCN(CCN(CP(=O)([O-])[O-])CP(=O)([O-])[O-])CP(=O)([O-])[O-])CP(=O)([O-])[O-])CCN(CCN(CP(=O)([O-])[O-])CP(=O)([O-])[O-])CP(=O)([O-])[O-].[H+].[NH4+].[NH4+].[NH4+].[NH4+].[NH4+].[NH4+].[NH4+].[NH4+].[NH4+].[NH4+].[NH4+].[NH4+].[NH4+].[NH4+].[NH4+]. The average Bonchev–Trinajstić information content (AvgIpc) is 2.87. The smallest absolute Gasteiger partial charge is 0.810 e. The van der Waals surface area contributed by atoms with Gasteiger partial charge in [-0.25, -0.2) is 0 Å². The predicted molar refractivity (Wildman–Crippen MR) is 250 cm³/mol. The van der Waals surface area contributed by atoms with Gasteiger partial charge in [0.2, 0.25) is 0 Å². The van der Waals surface area contributed by atoms with Gasteiger partial charge in [0.15, 0.2) is 0 Å². The Kier molecular flexibility index (Phi) is 77.2. The first kappa shape index (κ1) is 115. The molecule has 0 amide bonds. The van der Waals surface area contributed by atoms with Crippen LogP contribution in [0.1, 0.15) is 1.43 Å². The highest BCUT2D eigenvalue weighted by Gasteiger charge is 2.19. The Hall–Kier alpha value is 0.360. The number of quaternary nitrogens is 15. The van der Waals surface area contributed by atoms with Gasteiger partial charge in [-0.1, -0.05) is 60.8 Å². The van der Waals surface area contributed by atoms with Gasteiger partial charge in [0, 0.05) is 116 Å². The van der Waals surface area contributed by atoms with Gasteiger partial charge in [-0.3, -0.25) is 29.4 Å². The molecule has 0 atom stereocenters. The van der Waals surface area contributed by atoms with Crippen molar-refractivity contribution in [2.45, 2.75) is 0 Å². The first-order chi connectivity index (χ1) is 24.7. The van der Waals surface area contributed by atoms with Crippen LogP contribution in [0.4, 0.5) is 0 Å². The molecule has 53 heteroatoms. The largest absolute Gasteiger partial charge is 1.00 e. The van der Waals surface area contributed by atoms with Gasteiger partial charge >= 0.3 is 1.43 Å². The Labute approximate surface area is 413 Å². The minimum absolute atomic E-state index is 0. The van der Waals surface area contributed by atoms with Crippen molar-refractivity contribution in [3.8, 4) is 0 Å². The second-order valence-electron chi connectivity index (χ2n) is 12.3. The van der Waals surface area contributed by atoms with E-state index >= 15 is 0 Å². The third-order valence-corrected chi connectivity index (χ3v) is 12.6. The Morgan fingerprint density at radius 3 is 0.338 bits per heavy atom. The number of nitrogens with zero attached hydrogens (tertiary/aromatic N) is 6. The normalized spacial score (nSPS) is 11.6. The maximum atomic E-state index is 11.6. The average molecular weight is 1240 g/mol. The third kappa shape index (κ3) is 77.0. The van der Waals surface area contributed by atoms with Crippen LogP contribution in [0, 0.1) is 0 Å². The molecular weight excluding hydrogens is 1140 g/mol. The van der Waals surface area contributed by atoms with E-state index in [1.54, 1.807) is 0 Å². The second-order valence-corrected chi connectivity index (χ2v) is 24.3. The summed E-state index contributed by atoms with van der Waals surface area (Å²) in [6, 6.07) is 0. The summed E-state index contributed by atoms with van der Waals surface area (Å²) in [5.74, 6) is 0. The first-order valence-corrected chi connectivity index (χ1v) is 28.9. The summed E-state index contributed by atoms with van der Waals surface area (Å²) in [4.78, 5) is 185. The molecular formula is C18H97N21O24P8. The molecule has 0 spiro atoms. The molecule has 0 rings (SSSR count). The van der Waals surface area contributed by atoms with Crippen LogP contribution < -0.4 is 171 Å². The second kappa shape index (κ2) is 47.6. The van der Waals surface area contributed by atoms with Crippen LogP contribution in [0.3, 0.4) is 0 Å². The van der Waals surface area contributed by atoms with E-state index in [0.717, 1.165) is 9.80 Å². The Morgan fingerprint density at radius 1 is 0.183 bits per heavy atom. The van der Waals surface area contributed by atoms with Gasteiger partial charge < -0.3 is 207 Å². The summed E-state index contributed by atoms with van der Waals surface area (Å²) in [5.41, 5.74) is 0. The van der Waals surface area contributed by atoms with Crippen molar-refractivity contribution in [3.63, 3.8) is 0 Å². The lowest BCUT2D eigenvalue weighted by molar-refractivity contribution is -0.321. The molecule has 0 aliphatic heterocycles. The van der Waals surface area contributed by atoms with Gasteiger partial charge in [-0.15, -0.1) is 0 Å². The van der Waals surface area contributed by atoms with Crippen LogP contribution in [0.2, 0.25) is 0 Å². The molecule has 0 saturated heterocycles. The van der Waals surface area contributed by atoms with Crippen LogP contribution in [0.15, 0.2) is 0 Å². The summed E-state index contributed by atoms with van der Waals surface area (Å²) < 4.78 is 91.0. The number of rotatable bonds is 31. The molecule has 0 heterocycles. The minimum Gasteiger partial charge on any atom is -0.810 e. The van der Waals surface area contributed by atoms with E-state index < -0.39 is 177 Å². The Morgan fingerprint density at radius 2 is 0.254 bits per heavy atom. The van der Waals surface area contributed by atoms with Crippen molar-refractivity contribution in [3.05, 3.63) is 0 Å². The van der Waals surface area contributed by atoms with E-state index in [2.05, 4.69) is 0 Å². The van der Waals surface area contributed by atoms with E-state index in [-0.39, 0.29) is 93.7 Å². The molecule has 0 aromatic carbocycles. The lowest BCUT2D eigenvalue weighted by Crippen LogP contribution is -2.47. The van der Waals surface area contributed by atoms with E-state index in [1.807, 2.05) is 0 Å². The predicted octanol–water partition coefficient (Wildman–Crippen LogP) is -8.48. The Balaban J connectivity index is -0.000000126. The standard InChI is InChI=1S/C18H52N6O24P8.15H3N/c25-49(26,27)11-19(3-5-21(13-51(31,32)33)7-9-23(15-53(37,38)39)16-54(40,41)42)1-2-20(12-50(28,29)30)4-6-22(14-52(34,35)36)8-10-24(17-55(43,44)45)18-56(46,47)48;;;;;;;;;;;;;;;/h1-18H2,(H2,25,26,27)(H2,28,29,30)(H2,31,32,33)(H2,34,35,36)(H2,37,38,39)(H2,40,41,42)(H2,43,44,45)(H2,46,47,48);15*1H3. The van der Waals surface area contributed by atoms with Crippen molar-refractivity contribution in [2.24, 2.45) is 0 Å². The zero-order chi connectivity index (χ0) is 44.2. The van der Waals surface area contributed by atoms with Gasteiger partial charge in [0.25, 0.3) is 0 Å². The molecule has 45 nitrogen and oxygen atoms in total. The summed E-state index contributed by atoms with van der Waals surface area (Å²) in [5, 5.41) is 0. The molecule has 0 aromatic heterocycles. The molecule has 0 aromatic rings. The van der Waals surface area contributed by atoms with Gasteiger partial charge in [0.1, 0.15) is 0 Å². The van der Waals surface area contributed by atoms with Crippen molar-refractivity contribution in [2.75, 3.05) is 116 Å². The van der Waals surface area contributed by atoms with Gasteiger partial charge in [0.05, 0.1) is 0 Å². The zero-order valence-corrected chi connectivity index (χ0v) is 50.9. The van der Waals surface area contributed by atoms with Crippen molar-refractivity contribution < 1.29 is 116 Å². The minimum atomic E-state index is -5.52. The van der Waals surface area contributed by atoms with Crippen molar-refractivity contribution in [1.82, 2.24) is 122 Å². The molecule has 0 aliphatic rings. The summed E-state index contributed by atoms with van der Waals surface area (Å²) in [6.07, 6.45) is -11.6. The summed E-state index contributed by atoms with van der Waals surface area (Å²) in [6.45, 7) is -7.35. The monoisotopic (exact) mass is 1240 g/mol. The van der Waals surface area contributed by atoms with E-state index in [0.29, 0.717) is 19.6 Å². The summed E-state index contributed by atoms with van der Waals surface area (Å²) >= 11 is 0. The molecule has 458 valence electrons. The van der Waals surface area contributed by atoms with E-state index in [4.69, 9.17) is 0 Å². The fourth-order valence-electron chi connectivity index (χ4n) is 4.76. The highest BCUT2D eigenvalue weighted by molar-refractivity contribution is 7.50. The number of hydrogen-bond acceptors (Lipinski definition) is 30. The maximum absolute atomic E-state index is 11.6. The molecule has 0 aliphatic carbocycles. The van der Waals surface area contributed by atoms with Crippen LogP contribution in [-0.2, 0) is 36.5 Å². The lowest BCUT2D eigenvalue weighted by Gasteiger charge is -2.43. The zero-order valence-electron chi connectivity index (χ0n) is 44.8. The summed E-state index contributed by atoms with van der Waals surface area (Å²) in [7, 11) is -44.1. The van der Waals surface area contributed by atoms with Gasteiger partial charge in [-0.05, 0) is 0 Å². The van der Waals surface area contributed by atoms with E-state index in [9.17, 15) is 115 Å². The van der Waals surface area contributed by atoms with E-state index in [1.165, 1.54) is 0 Å². The van der Waals surface area contributed by atoms with Crippen LogP contribution in [0.5, 0.6) is 0 Å². The topological polar surface area (TPSA) is 1070 Å². The van der Waals surface area contributed by atoms with Crippen LogP contribution in [-0.4, -0.2) is 145 Å². The molecule has 0 radical (unpaired) electrons. The third-order valence-electron chi connectivity index (χ3n) is 6.65. The lowest BCUT2D eigenvalue weighted by atomic mass is 10.4. The fraction of sp³-hybridized carbons (Fsp3) is 1.00. The molecule has 0 unspecified atom stereocenters. The van der Waals surface area contributed by atoms with Crippen molar-refractivity contribution >= 4 is 60.8 Å². The highest BCUT2D eigenvalue weighted by Crippen LogP contribution is 2.33. The van der Waals surface area contributed by atoms with Crippen molar-refractivity contribution in [1.29, 1.82) is 0 Å². The molecule has 60 N–H and O–H groups in total. The maximum Gasteiger partial charge on any atom is 1.00 e. The fourth-order valence-corrected chi connectivity index (χ4v) is 11.1. The van der Waals surface area contributed by atoms with Crippen LogP contribution >= 0.6 is 60.8 Å². The number of hydrogen-bond donors (Lipinski definition) is 15. The molecule has 0 bridgehead atoms. The van der Waals surface area contributed by atoms with Crippen LogP contribution in [0.25, 0.3) is 0 Å². The Bertz CT molecular complexity index is 1470. The molecule has 0 saturated carbocycles.